The zero-order valence-corrected chi connectivity index (χ0v) is 33.0. The molecule has 258 valence electrons. The van der Waals surface area contributed by atoms with Gasteiger partial charge in [-0.1, -0.05) is 0 Å². The zero-order chi connectivity index (χ0) is 37.0. The van der Waals surface area contributed by atoms with E-state index in [2.05, 4.69) is 50.6 Å². The summed E-state index contributed by atoms with van der Waals surface area (Å²) in [6, 6.07) is 38.8. The van der Waals surface area contributed by atoms with Crippen molar-refractivity contribution in [2.45, 2.75) is 0 Å². The minimum absolute atomic E-state index is 0.419. The molecule has 52 heavy (non-hydrogen) atoms. The van der Waals surface area contributed by atoms with Crippen molar-refractivity contribution in [2.75, 3.05) is 0 Å². The van der Waals surface area contributed by atoms with Crippen LogP contribution in [-0.2, 0) is 19.2 Å². The molecule has 0 saturated carbocycles. The van der Waals surface area contributed by atoms with Gasteiger partial charge in [0.15, 0.2) is 0 Å². The summed E-state index contributed by atoms with van der Waals surface area (Å²) < 4.78 is 28.1. The molecule has 5 aromatic rings. The van der Waals surface area contributed by atoms with Crippen molar-refractivity contribution in [1.82, 2.24) is 0 Å². The Balaban J connectivity index is 1.54. The zero-order valence-electron chi connectivity index (χ0n) is 27.8. The summed E-state index contributed by atoms with van der Waals surface area (Å²) in [6.45, 7) is 13.9. The molecule has 5 aromatic carbocycles. The second-order valence-electron chi connectivity index (χ2n) is 10.7. The predicted molar refractivity (Wildman–Crippen MR) is 205 cm³/mol. The van der Waals surface area contributed by atoms with E-state index in [0.29, 0.717) is 23.0 Å². The first kappa shape index (κ1) is 37.8. The predicted octanol–water partition coefficient (Wildman–Crippen LogP) is 3.08. The van der Waals surface area contributed by atoms with Crippen LogP contribution in [0, 0.1) is 0 Å². The van der Waals surface area contributed by atoms with E-state index in [9.17, 15) is 19.2 Å². The van der Waals surface area contributed by atoms with Crippen molar-refractivity contribution in [3.63, 3.8) is 0 Å². The van der Waals surface area contributed by atoms with E-state index in [1.54, 1.807) is 48.5 Å². The van der Waals surface area contributed by atoms with Crippen LogP contribution in [0.1, 0.15) is 0 Å². The summed E-state index contributed by atoms with van der Waals surface area (Å²) in [7, 11) is 0. The molecule has 0 radical (unpaired) electrons. The van der Waals surface area contributed by atoms with Crippen molar-refractivity contribution in [3.8, 4) is 23.0 Å². The monoisotopic (exact) mass is 906 g/mol. The number of carbonyl (C=O) groups is 4. The quantitative estimate of drug-likeness (QED) is 0.0726. The number of hydrogen-bond acceptors (Lipinski definition) is 8. The molecule has 5 rings (SSSR count). The average molecular weight is 908 g/mol. The van der Waals surface area contributed by atoms with Crippen LogP contribution in [-0.4, -0.2) is 64.3 Å². The van der Waals surface area contributed by atoms with Gasteiger partial charge in [0, 0.05) is 0 Å². The van der Waals surface area contributed by atoms with Gasteiger partial charge in [0.05, 0.1) is 0 Å². The van der Waals surface area contributed by atoms with E-state index < -0.39 is 64.3 Å². The van der Waals surface area contributed by atoms with Crippen LogP contribution < -0.4 is 40.0 Å². The molecule has 0 N–H and O–H groups in total. The molecule has 0 heterocycles. The maximum absolute atomic E-state index is 11.8. The fraction of sp³-hybridized carbons (Fsp3) is 0. The van der Waals surface area contributed by atoms with Gasteiger partial charge in [0.2, 0.25) is 0 Å². The number of hydrogen-bond donors (Lipinski definition) is 0. The molecule has 0 bridgehead atoms. The SMILES string of the molecule is C=CC(=O)Oc1cc[c]([Sb]([c]2ccc(OC(=O)C=C)cc2)[c]2cc[c]([Sb]([c]3ccc(OC(=O)C=C)cc3)[c]3ccc(OC(=O)C=C)cc3)cc2)cc1. The van der Waals surface area contributed by atoms with Gasteiger partial charge in [-0.2, -0.15) is 0 Å². The summed E-state index contributed by atoms with van der Waals surface area (Å²) in [4.78, 5) is 47.2. The summed E-state index contributed by atoms with van der Waals surface area (Å²) in [6.07, 6.45) is 4.47. The molecule has 10 heteroatoms. The van der Waals surface area contributed by atoms with Gasteiger partial charge < -0.3 is 0 Å². The molecule has 0 spiro atoms. The first-order valence-electron chi connectivity index (χ1n) is 15.7. The Kier molecular flexibility index (Phi) is 13.2. The summed E-state index contributed by atoms with van der Waals surface area (Å²) >= 11 is -5.39. The second kappa shape index (κ2) is 18.2. The molecular formula is C42H32O8Sb2. The van der Waals surface area contributed by atoms with Gasteiger partial charge >= 0.3 is 318 Å². The molecular weight excluding hydrogens is 876 g/mol. The van der Waals surface area contributed by atoms with E-state index in [1.165, 1.54) is 7.02 Å². The normalized spacial score (nSPS) is 10.5. The van der Waals surface area contributed by atoms with Gasteiger partial charge in [0.1, 0.15) is 0 Å². The number of carbonyl (C=O) groups excluding carboxylic acids is 4. The number of esters is 4. The van der Waals surface area contributed by atoms with Crippen LogP contribution in [0.25, 0.3) is 0 Å². The van der Waals surface area contributed by atoms with Crippen LogP contribution in [0.5, 0.6) is 23.0 Å². The Morgan fingerprint density at radius 2 is 0.481 bits per heavy atom. The number of ether oxygens (including phenoxy) is 4. The van der Waals surface area contributed by atoms with Gasteiger partial charge in [-0.15, -0.1) is 0 Å². The minimum atomic E-state index is -2.70. The van der Waals surface area contributed by atoms with E-state index in [1.807, 2.05) is 48.5 Å². The van der Waals surface area contributed by atoms with Crippen LogP contribution in [0.4, 0.5) is 0 Å². The van der Waals surface area contributed by atoms with Gasteiger partial charge in [-0.3, -0.25) is 0 Å². The first-order chi connectivity index (χ1) is 25.2. The van der Waals surface area contributed by atoms with Gasteiger partial charge in [-0.05, 0) is 0 Å². The third-order valence-corrected chi connectivity index (χ3v) is 21.2. The van der Waals surface area contributed by atoms with E-state index in [4.69, 9.17) is 18.9 Å². The van der Waals surface area contributed by atoms with Crippen molar-refractivity contribution >= 4 is 85.4 Å². The molecule has 0 fully saturated rings. The molecule has 0 aromatic heterocycles. The van der Waals surface area contributed by atoms with E-state index >= 15 is 0 Å². The third-order valence-electron chi connectivity index (χ3n) is 7.29. The molecule has 0 aliphatic rings. The number of rotatable bonds is 14. The Labute approximate surface area is 316 Å². The first-order valence-corrected chi connectivity index (χ1v) is 23.3. The van der Waals surface area contributed by atoms with Gasteiger partial charge in [0.25, 0.3) is 0 Å². The second-order valence-corrected chi connectivity index (χ2v) is 23.3. The fourth-order valence-electron chi connectivity index (χ4n) is 4.93. The molecule has 0 atom stereocenters. The summed E-state index contributed by atoms with van der Waals surface area (Å²) in [5.74, 6) is -0.470. The van der Waals surface area contributed by atoms with E-state index in [-0.39, 0.29) is 0 Å². The molecule has 0 saturated heterocycles. The average Bonchev–Trinajstić information content (AvgIpc) is 3.18. The maximum atomic E-state index is 11.8. The molecule has 0 aliphatic carbocycles. The molecule has 0 amide bonds. The standard InChI is InChI=1S/4C9H7O2.C6H4.2Sb/c4*1-2-9(10)11-8-6-4-3-5-7-8;1-2-4-6-5-3-1;;/h4*2,4-7H,1H2;1-2,5-6H;;. The van der Waals surface area contributed by atoms with Crippen molar-refractivity contribution in [2.24, 2.45) is 0 Å². The Morgan fingerprint density at radius 1 is 0.327 bits per heavy atom. The van der Waals surface area contributed by atoms with Crippen LogP contribution in [0.15, 0.2) is 172 Å². The molecule has 8 nitrogen and oxygen atoms in total. The molecule has 0 unspecified atom stereocenters. The van der Waals surface area contributed by atoms with Crippen molar-refractivity contribution in [1.29, 1.82) is 0 Å². The topological polar surface area (TPSA) is 105 Å². The Hall–Kier alpha value is -5.42. The Morgan fingerprint density at radius 3 is 0.635 bits per heavy atom. The Bertz CT molecular complexity index is 1820. The van der Waals surface area contributed by atoms with Crippen molar-refractivity contribution < 1.29 is 38.1 Å². The van der Waals surface area contributed by atoms with Crippen LogP contribution in [0.2, 0.25) is 0 Å². The van der Waals surface area contributed by atoms with Crippen molar-refractivity contribution in [3.05, 3.63) is 172 Å². The number of benzene rings is 5. The fourth-order valence-corrected chi connectivity index (χ4v) is 17.7. The van der Waals surface area contributed by atoms with Crippen LogP contribution >= 0.6 is 0 Å². The summed E-state index contributed by atoms with van der Waals surface area (Å²) in [5, 5.41) is 0. The summed E-state index contributed by atoms with van der Waals surface area (Å²) in [5.41, 5.74) is 0. The molecule has 0 aliphatic heterocycles. The van der Waals surface area contributed by atoms with E-state index in [0.717, 1.165) is 38.3 Å². The van der Waals surface area contributed by atoms with Gasteiger partial charge in [-0.25, -0.2) is 0 Å². The third kappa shape index (κ3) is 9.88. The van der Waals surface area contributed by atoms with Crippen LogP contribution in [0.3, 0.4) is 0 Å².